The summed E-state index contributed by atoms with van der Waals surface area (Å²) < 4.78 is 11.0. The molecule has 0 atom stereocenters. The van der Waals surface area contributed by atoms with E-state index in [2.05, 4.69) is 10.6 Å². The molecule has 2 rings (SSSR count). The average Bonchev–Trinajstić information content (AvgIpc) is 2.55. The smallest absolute Gasteiger partial charge is 0.319 e. The summed E-state index contributed by atoms with van der Waals surface area (Å²) in [6.07, 6.45) is 0. The highest BCUT2D eigenvalue weighted by Crippen LogP contribution is 2.19. The van der Waals surface area contributed by atoms with Gasteiger partial charge in [-0.25, -0.2) is 4.79 Å². The number of amides is 2. The Morgan fingerprint density at radius 3 is 2.48 bits per heavy atom. The first-order valence-electron chi connectivity index (χ1n) is 7.33. The highest BCUT2D eigenvalue weighted by atomic mass is 35.5. The Kier molecular flexibility index (Phi) is 6.56. The monoisotopic (exact) mass is 334 g/mol. The average molecular weight is 335 g/mol. The number of hydrogen-bond donors (Lipinski definition) is 2. The topological polar surface area (TPSA) is 59.6 Å². The second-order valence-corrected chi connectivity index (χ2v) is 5.08. The van der Waals surface area contributed by atoms with E-state index in [-0.39, 0.29) is 6.03 Å². The van der Waals surface area contributed by atoms with Gasteiger partial charge in [0, 0.05) is 16.8 Å². The number of ether oxygens (including phenoxy) is 2. The lowest BCUT2D eigenvalue weighted by Crippen LogP contribution is -2.32. The molecule has 0 radical (unpaired) electrons. The van der Waals surface area contributed by atoms with Crippen LogP contribution in [0.2, 0.25) is 5.02 Å². The molecule has 2 aromatic rings. The van der Waals surface area contributed by atoms with Crippen LogP contribution in [0.1, 0.15) is 6.92 Å². The van der Waals surface area contributed by atoms with E-state index in [1.165, 1.54) is 0 Å². The number of nitrogens with one attached hydrogen (secondary N) is 2. The molecule has 0 fully saturated rings. The number of rotatable bonds is 7. The predicted octanol–water partition coefficient (Wildman–Crippen LogP) is 3.94. The molecule has 0 bridgehead atoms. The quantitative estimate of drug-likeness (QED) is 0.754. The zero-order chi connectivity index (χ0) is 16.5. The molecule has 0 aliphatic rings. The Balaban J connectivity index is 1.69. The van der Waals surface area contributed by atoms with Gasteiger partial charge in [0.25, 0.3) is 0 Å². The molecule has 0 spiro atoms. The molecule has 5 nitrogen and oxygen atoms in total. The van der Waals surface area contributed by atoms with E-state index < -0.39 is 0 Å². The minimum atomic E-state index is -0.293. The lowest BCUT2D eigenvalue weighted by Gasteiger charge is -2.10. The number of anilines is 1. The third-order valence-corrected chi connectivity index (χ3v) is 3.13. The van der Waals surface area contributed by atoms with Crippen LogP contribution in [0.3, 0.4) is 0 Å². The number of benzene rings is 2. The minimum Gasteiger partial charge on any atom is -0.494 e. The molecule has 0 heterocycles. The maximum atomic E-state index is 11.7. The standard InChI is InChI=1S/C17H19ClN2O3/c1-2-22-15-4-3-5-16(12-15)23-11-10-19-17(21)20-14-8-6-13(18)7-9-14/h3-9,12H,2,10-11H2,1H3,(H2,19,20,21). The van der Waals surface area contributed by atoms with Crippen molar-refractivity contribution in [1.29, 1.82) is 0 Å². The maximum Gasteiger partial charge on any atom is 0.319 e. The fraction of sp³-hybridized carbons (Fsp3) is 0.235. The van der Waals surface area contributed by atoms with Crippen molar-refractivity contribution >= 4 is 23.3 Å². The van der Waals surface area contributed by atoms with E-state index >= 15 is 0 Å². The van der Waals surface area contributed by atoms with Gasteiger partial charge in [-0.2, -0.15) is 0 Å². The second kappa shape index (κ2) is 8.90. The summed E-state index contributed by atoms with van der Waals surface area (Å²) in [5, 5.41) is 6.05. The molecule has 0 unspecified atom stereocenters. The summed E-state index contributed by atoms with van der Waals surface area (Å²) in [5.74, 6) is 1.47. The van der Waals surface area contributed by atoms with Crippen molar-refractivity contribution in [2.24, 2.45) is 0 Å². The highest BCUT2D eigenvalue weighted by molar-refractivity contribution is 6.30. The minimum absolute atomic E-state index is 0.293. The maximum absolute atomic E-state index is 11.7. The first kappa shape index (κ1) is 17.0. The molecule has 6 heteroatoms. The Hall–Kier alpha value is -2.40. The van der Waals surface area contributed by atoms with E-state index in [4.69, 9.17) is 21.1 Å². The second-order valence-electron chi connectivity index (χ2n) is 4.64. The summed E-state index contributed by atoms with van der Waals surface area (Å²) in [5.41, 5.74) is 0.678. The van der Waals surface area contributed by atoms with Gasteiger partial charge in [-0.3, -0.25) is 0 Å². The third kappa shape index (κ3) is 6.08. The fourth-order valence-corrected chi connectivity index (χ4v) is 1.99. The van der Waals surface area contributed by atoms with Crippen LogP contribution in [-0.4, -0.2) is 25.8 Å². The summed E-state index contributed by atoms with van der Waals surface area (Å²) in [6, 6.07) is 14.0. The summed E-state index contributed by atoms with van der Waals surface area (Å²) in [4.78, 5) is 11.7. The van der Waals surface area contributed by atoms with Crippen molar-refractivity contribution < 1.29 is 14.3 Å². The molecule has 2 amide bonds. The van der Waals surface area contributed by atoms with Gasteiger partial charge in [-0.05, 0) is 43.3 Å². The van der Waals surface area contributed by atoms with Gasteiger partial charge in [0.2, 0.25) is 0 Å². The molecule has 23 heavy (non-hydrogen) atoms. The van der Waals surface area contributed by atoms with Crippen molar-refractivity contribution in [3.63, 3.8) is 0 Å². The SMILES string of the molecule is CCOc1cccc(OCCNC(=O)Nc2ccc(Cl)cc2)c1. The molecule has 2 aromatic carbocycles. The van der Waals surface area contributed by atoms with Crippen molar-refractivity contribution in [2.75, 3.05) is 25.1 Å². The van der Waals surface area contributed by atoms with E-state index in [9.17, 15) is 4.79 Å². The normalized spacial score (nSPS) is 10.0. The van der Waals surface area contributed by atoms with Crippen LogP contribution in [0.5, 0.6) is 11.5 Å². The Morgan fingerprint density at radius 2 is 1.78 bits per heavy atom. The Bertz CT molecular complexity index is 632. The van der Waals surface area contributed by atoms with Gasteiger partial charge in [0.15, 0.2) is 0 Å². The lowest BCUT2D eigenvalue weighted by molar-refractivity contribution is 0.247. The van der Waals surface area contributed by atoms with Gasteiger partial charge >= 0.3 is 6.03 Å². The van der Waals surface area contributed by atoms with E-state index in [0.717, 1.165) is 5.75 Å². The van der Waals surface area contributed by atoms with Crippen molar-refractivity contribution in [3.05, 3.63) is 53.6 Å². The summed E-state index contributed by atoms with van der Waals surface area (Å²) in [6.45, 7) is 3.29. The summed E-state index contributed by atoms with van der Waals surface area (Å²) >= 11 is 5.79. The van der Waals surface area contributed by atoms with Crippen molar-refractivity contribution in [1.82, 2.24) is 5.32 Å². The van der Waals surface area contributed by atoms with Crippen molar-refractivity contribution in [3.8, 4) is 11.5 Å². The van der Waals surface area contributed by atoms with Crippen LogP contribution in [0.15, 0.2) is 48.5 Å². The largest absolute Gasteiger partial charge is 0.494 e. The lowest BCUT2D eigenvalue weighted by atomic mass is 10.3. The Labute approximate surface area is 140 Å². The number of carbonyl (C=O) groups excluding carboxylic acids is 1. The number of urea groups is 1. The highest BCUT2D eigenvalue weighted by Gasteiger charge is 2.02. The molecule has 0 aromatic heterocycles. The first-order chi connectivity index (χ1) is 11.2. The molecule has 0 saturated heterocycles. The van der Waals surface area contributed by atoms with Crippen LogP contribution < -0.4 is 20.1 Å². The van der Waals surface area contributed by atoms with Crippen LogP contribution in [-0.2, 0) is 0 Å². The first-order valence-corrected chi connectivity index (χ1v) is 7.71. The predicted molar refractivity (Wildman–Crippen MR) is 91.6 cm³/mol. The van der Waals surface area contributed by atoms with Gasteiger partial charge in [0.05, 0.1) is 13.2 Å². The molecule has 0 aliphatic carbocycles. The fourth-order valence-electron chi connectivity index (χ4n) is 1.86. The number of hydrogen-bond acceptors (Lipinski definition) is 3. The van der Waals surface area contributed by atoms with Crippen LogP contribution >= 0.6 is 11.6 Å². The van der Waals surface area contributed by atoms with Gasteiger partial charge in [-0.1, -0.05) is 17.7 Å². The third-order valence-electron chi connectivity index (χ3n) is 2.87. The molecule has 0 aliphatic heterocycles. The van der Waals surface area contributed by atoms with E-state index in [1.807, 2.05) is 31.2 Å². The Morgan fingerprint density at radius 1 is 1.09 bits per heavy atom. The molecule has 2 N–H and O–H groups in total. The number of carbonyl (C=O) groups is 1. The zero-order valence-corrected chi connectivity index (χ0v) is 13.6. The van der Waals surface area contributed by atoms with E-state index in [0.29, 0.717) is 36.2 Å². The van der Waals surface area contributed by atoms with Gasteiger partial charge < -0.3 is 20.1 Å². The summed E-state index contributed by atoms with van der Waals surface area (Å²) in [7, 11) is 0. The molecular weight excluding hydrogens is 316 g/mol. The molecule has 122 valence electrons. The van der Waals surface area contributed by atoms with Gasteiger partial charge in [0.1, 0.15) is 18.1 Å². The van der Waals surface area contributed by atoms with Crippen molar-refractivity contribution in [2.45, 2.75) is 6.92 Å². The zero-order valence-electron chi connectivity index (χ0n) is 12.8. The number of halogens is 1. The molecule has 0 saturated carbocycles. The van der Waals surface area contributed by atoms with Crippen LogP contribution in [0.4, 0.5) is 10.5 Å². The van der Waals surface area contributed by atoms with Crippen LogP contribution in [0, 0.1) is 0 Å². The van der Waals surface area contributed by atoms with Crippen LogP contribution in [0.25, 0.3) is 0 Å². The van der Waals surface area contributed by atoms with Gasteiger partial charge in [-0.15, -0.1) is 0 Å². The molecular formula is C17H19ClN2O3. The van der Waals surface area contributed by atoms with E-state index in [1.54, 1.807) is 24.3 Å².